The Bertz CT molecular complexity index is 644. The summed E-state index contributed by atoms with van der Waals surface area (Å²) in [5.74, 6) is -0.611. The minimum atomic E-state index is -3.57. The van der Waals surface area contributed by atoms with Gasteiger partial charge in [0.2, 0.25) is 10.0 Å². The lowest BCUT2D eigenvalue weighted by atomic mass is 10.1. The molecular formula is C11H16N4O5S. The summed E-state index contributed by atoms with van der Waals surface area (Å²) in [5, 5.41) is 20.9. The molecule has 21 heavy (non-hydrogen) atoms. The highest BCUT2D eigenvalue weighted by Crippen LogP contribution is 2.25. The molecule has 0 saturated heterocycles. The number of hydrogen-bond acceptors (Lipinski definition) is 6. The SMILES string of the molecule is CNC(=O)c1ccc([N+](=O)[O-])c(NCCCS(N)(=O)=O)c1. The summed E-state index contributed by atoms with van der Waals surface area (Å²) in [6, 6.07) is 3.90. The molecule has 0 aromatic heterocycles. The van der Waals surface area contributed by atoms with E-state index < -0.39 is 14.9 Å². The normalized spacial score (nSPS) is 11.0. The van der Waals surface area contributed by atoms with E-state index in [9.17, 15) is 23.3 Å². The van der Waals surface area contributed by atoms with Crippen LogP contribution in [0.2, 0.25) is 0 Å². The number of carbonyl (C=O) groups is 1. The molecule has 1 aromatic carbocycles. The van der Waals surface area contributed by atoms with Crippen LogP contribution in [0.4, 0.5) is 11.4 Å². The van der Waals surface area contributed by atoms with Crippen molar-refractivity contribution in [2.75, 3.05) is 24.7 Å². The summed E-state index contributed by atoms with van der Waals surface area (Å²) in [6.07, 6.45) is 0.195. The highest BCUT2D eigenvalue weighted by Gasteiger charge is 2.16. The van der Waals surface area contributed by atoms with E-state index in [-0.39, 0.29) is 41.6 Å². The Morgan fingerprint density at radius 1 is 1.43 bits per heavy atom. The van der Waals surface area contributed by atoms with Crippen LogP contribution in [0.25, 0.3) is 0 Å². The van der Waals surface area contributed by atoms with Crippen LogP contribution in [0.15, 0.2) is 18.2 Å². The Balaban J connectivity index is 2.86. The van der Waals surface area contributed by atoms with E-state index in [1.165, 1.54) is 25.2 Å². The molecule has 0 atom stereocenters. The van der Waals surface area contributed by atoms with E-state index in [2.05, 4.69) is 10.6 Å². The number of nitrogens with zero attached hydrogens (tertiary/aromatic N) is 1. The number of nitro benzene ring substituents is 1. The molecule has 0 radical (unpaired) electrons. The lowest BCUT2D eigenvalue weighted by Gasteiger charge is -2.08. The standard InChI is InChI=1S/C11H16N4O5S/c1-13-11(16)8-3-4-10(15(17)18)9(7-8)14-5-2-6-21(12,19)20/h3-4,7,14H,2,5-6H2,1H3,(H,13,16)(H2,12,19,20). The summed E-state index contributed by atoms with van der Waals surface area (Å²) in [7, 11) is -2.12. The van der Waals surface area contributed by atoms with Crippen molar-refractivity contribution < 1.29 is 18.1 Å². The van der Waals surface area contributed by atoms with Crippen LogP contribution in [0.3, 0.4) is 0 Å². The number of amides is 1. The van der Waals surface area contributed by atoms with Gasteiger partial charge in [0.25, 0.3) is 11.6 Å². The maximum Gasteiger partial charge on any atom is 0.292 e. The van der Waals surface area contributed by atoms with Gasteiger partial charge >= 0.3 is 0 Å². The van der Waals surface area contributed by atoms with Crippen molar-refractivity contribution in [3.63, 3.8) is 0 Å². The van der Waals surface area contributed by atoms with Gasteiger partial charge in [0.15, 0.2) is 0 Å². The molecule has 0 unspecified atom stereocenters. The minimum Gasteiger partial charge on any atom is -0.379 e. The molecule has 1 aromatic rings. The van der Waals surface area contributed by atoms with Crippen molar-refractivity contribution in [2.24, 2.45) is 5.14 Å². The zero-order valence-corrected chi connectivity index (χ0v) is 12.1. The Kier molecular flexibility index (Phi) is 5.61. The van der Waals surface area contributed by atoms with E-state index in [4.69, 9.17) is 5.14 Å². The molecule has 0 fully saturated rings. The number of sulfonamides is 1. The summed E-state index contributed by atoms with van der Waals surface area (Å²) in [6.45, 7) is 0.175. The Hall–Kier alpha value is -2.20. The second-order valence-corrected chi connectivity index (χ2v) is 5.95. The molecule has 10 heteroatoms. The molecule has 1 rings (SSSR count). The lowest BCUT2D eigenvalue weighted by molar-refractivity contribution is -0.384. The molecule has 0 aliphatic heterocycles. The summed E-state index contributed by atoms with van der Waals surface area (Å²) < 4.78 is 21.6. The van der Waals surface area contributed by atoms with E-state index >= 15 is 0 Å². The average molecular weight is 316 g/mol. The second kappa shape index (κ2) is 6.99. The van der Waals surface area contributed by atoms with Gasteiger partial charge in [-0.1, -0.05) is 0 Å². The quantitative estimate of drug-likeness (QED) is 0.368. The molecule has 1 amide bonds. The first-order valence-electron chi connectivity index (χ1n) is 5.99. The average Bonchev–Trinajstić information content (AvgIpc) is 2.41. The number of hydrogen-bond donors (Lipinski definition) is 3. The fraction of sp³-hybridized carbons (Fsp3) is 0.364. The van der Waals surface area contributed by atoms with E-state index in [1.807, 2.05) is 0 Å². The van der Waals surface area contributed by atoms with Gasteiger partial charge in [-0.15, -0.1) is 0 Å². The van der Waals surface area contributed by atoms with Gasteiger partial charge in [-0.2, -0.15) is 0 Å². The number of nitrogens with one attached hydrogen (secondary N) is 2. The Morgan fingerprint density at radius 2 is 2.10 bits per heavy atom. The van der Waals surface area contributed by atoms with E-state index in [1.54, 1.807) is 0 Å². The zero-order chi connectivity index (χ0) is 16.0. The van der Waals surface area contributed by atoms with Crippen molar-refractivity contribution in [3.8, 4) is 0 Å². The predicted octanol–water partition coefficient (Wildman–Crippen LogP) is 0.0449. The number of carbonyl (C=O) groups excluding carboxylic acids is 1. The smallest absolute Gasteiger partial charge is 0.292 e. The number of primary sulfonamides is 1. The second-order valence-electron chi connectivity index (χ2n) is 4.22. The fourth-order valence-corrected chi connectivity index (χ4v) is 2.17. The van der Waals surface area contributed by atoms with Crippen molar-refractivity contribution in [2.45, 2.75) is 6.42 Å². The topological polar surface area (TPSA) is 144 Å². The first-order valence-corrected chi connectivity index (χ1v) is 7.71. The van der Waals surface area contributed by atoms with Gasteiger partial charge < -0.3 is 10.6 Å². The molecular weight excluding hydrogens is 300 g/mol. The molecule has 4 N–H and O–H groups in total. The highest BCUT2D eigenvalue weighted by molar-refractivity contribution is 7.89. The van der Waals surface area contributed by atoms with Crippen LogP contribution >= 0.6 is 0 Å². The van der Waals surface area contributed by atoms with Gasteiger partial charge in [0.1, 0.15) is 5.69 Å². The highest BCUT2D eigenvalue weighted by atomic mass is 32.2. The molecule has 0 aliphatic rings. The van der Waals surface area contributed by atoms with Gasteiger partial charge in [-0.3, -0.25) is 14.9 Å². The largest absolute Gasteiger partial charge is 0.379 e. The monoisotopic (exact) mass is 316 g/mol. The third-order valence-electron chi connectivity index (χ3n) is 2.60. The molecule has 0 aliphatic carbocycles. The van der Waals surface area contributed by atoms with E-state index in [0.29, 0.717) is 0 Å². The maximum absolute atomic E-state index is 11.5. The Labute approximate surface area is 121 Å². The van der Waals surface area contributed by atoms with Crippen LogP contribution in [-0.2, 0) is 10.0 Å². The summed E-state index contributed by atoms with van der Waals surface area (Å²) in [5.41, 5.74) is 0.214. The fourth-order valence-electron chi connectivity index (χ4n) is 1.62. The van der Waals surface area contributed by atoms with Gasteiger partial charge in [0.05, 0.1) is 10.7 Å². The first kappa shape index (κ1) is 16.9. The summed E-state index contributed by atoms with van der Waals surface area (Å²) >= 11 is 0. The number of rotatable bonds is 7. The van der Waals surface area contributed by atoms with Gasteiger partial charge in [0, 0.05) is 25.2 Å². The number of anilines is 1. The molecule has 9 nitrogen and oxygen atoms in total. The van der Waals surface area contributed by atoms with Crippen molar-refractivity contribution in [3.05, 3.63) is 33.9 Å². The maximum atomic E-state index is 11.5. The van der Waals surface area contributed by atoms with Crippen molar-refractivity contribution in [1.82, 2.24) is 5.32 Å². The van der Waals surface area contributed by atoms with Gasteiger partial charge in [-0.05, 0) is 18.6 Å². The first-order chi connectivity index (χ1) is 9.74. The van der Waals surface area contributed by atoms with Crippen molar-refractivity contribution in [1.29, 1.82) is 0 Å². The molecule has 0 bridgehead atoms. The Morgan fingerprint density at radius 3 is 2.62 bits per heavy atom. The molecule has 0 heterocycles. The minimum absolute atomic E-state index is 0.149. The van der Waals surface area contributed by atoms with Crippen LogP contribution in [0.5, 0.6) is 0 Å². The molecule has 0 saturated carbocycles. The van der Waals surface area contributed by atoms with Crippen LogP contribution in [-0.4, -0.2) is 38.6 Å². The lowest BCUT2D eigenvalue weighted by Crippen LogP contribution is -2.19. The zero-order valence-electron chi connectivity index (χ0n) is 11.3. The van der Waals surface area contributed by atoms with Crippen LogP contribution < -0.4 is 15.8 Å². The van der Waals surface area contributed by atoms with Gasteiger partial charge in [-0.25, -0.2) is 13.6 Å². The molecule has 116 valence electrons. The molecule has 0 spiro atoms. The van der Waals surface area contributed by atoms with Crippen molar-refractivity contribution >= 4 is 27.3 Å². The van der Waals surface area contributed by atoms with Crippen LogP contribution in [0, 0.1) is 10.1 Å². The van der Waals surface area contributed by atoms with Crippen LogP contribution in [0.1, 0.15) is 16.8 Å². The van der Waals surface area contributed by atoms with E-state index in [0.717, 1.165) is 0 Å². The summed E-state index contributed by atoms with van der Waals surface area (Å²) in [4.78, 5) is 21.8. The predicted molar refractivity (Wildman–Crippen MR) is 77.6 cm³/mol. The number of nitrogens with two attached hydrogens (primary N) is 1. The third kappa shape index (κ3) is 5.36. The third-order valence-corrected chi connectivity index (χ3v) is 3.46. The number of nitro groups is 1. The number of benzene rings is 1.